The van der Waals surface area contributed by atoms with Gasteiger partial charge in [-0.1, -0.05) is 56.2 Å². The highest BCUT2D eigenvalue weighted by molar-refractivity contribution is 6.69. The van der Waals surface area contributed by atoms with Crippen molar-refractivity contribution in [3.05, 3.63) is 36.5 Å². The van der Waals surface area contributed by atoms with Gasteiger partial charge in [-0.2, -0.15) is 0 Å². The van der Waals surface area contributed by atoms with Crippen molar-refractivity contribution in [1.29, 1.82) is 0 Å². The van der Waals surface area contributed by atoms with Gasteiger partial charge in [0, 0.05) is 6.42 Å². The minimum atomic E-state index is -1.61. The molecule has 0 rings (SSSR count). The van der Waals surface area contributed by atoms with E-state index in [1.165, 1.54) is 52.1 Å². The molecule has 0 aliphatic carbocycles. The van der Waals surface area contributed by atoms with Crippen LogP contribution in [-0.4, -0.2) is 27.5 Å². The van der Waals surface area contributed by atoms with E-state index in [0.29, 0.717) is 6.42 Å². The van der Waals surface area contributed by atoms with Crippen molar-refractivity contribution in [3.63, 3.8) is 0 Å². The van der Waals surface area contributed by atoms with Crippen LogP contribution >= 0.6 is 0 Å². The van der Waals surface area contributed by atoms with Gasteiger partial charge < -0.3 is 9.16 Å². The molecular weight excluding hydrogens is 364 g/mol. The van der Waals surface area contributed by atoms with Gasteiger partial charge in [-0.15, -0.1) is 0 Å². The highest BCUT2D eigenvalue weighted by atomic mass is 28.4. The summed E-state index contributed by atoms with van der Waals surface area (Å²) in [4.78, 5) is 11.3. The molecule has 1 atom stereocenters. The molecule has 0 aromatic carbocycles. The summed E-state index contributed by atoms with van der Waals surface area (Å²) < 4.78 is 10.9. The van der Waals surface area contributed by atoms with Gasteiger partial charge in [0.2, 0.25) is 0 Å². The van der Waals surface area contributed by atoms with Crippen LogP contribution in [0.5, 0.6) is 0 Å². The Hall–Kier alpha value is -1.13. The minimum Gasteiger partial charge on any atom is -0.469 e. The number of allylic oxidation sites excluding steroid dienone is 5. The van der Waals surface area contributed by atoms with Crippen molar-refractivity contribution in [2.75, 3.05) is 7.11 Å². The molecule has 162 valence electrons. The van der Waals surface area contributed by atoms with E-state index in [2.05, 4.69) is 63.0 Å². The normalized spacial score (nSPS) is 13.8. The van der Waals surface area contributed by atoms with Crippen LogP contribution in [0.2, 0.25) is 19.6 Å². The van der Waals surface area contributed by atoms with Crippen LogP contribution in [0.1, 0.15) is 77.6 Å². The molecule has 1 unspecified atom stereocenters. The molecule has 0 aromatic rings. The number of carbonyl (C=O) groups excluding carboxylic acids is 1. The number of carbonyl (C=O) groups is 1. The maximum atomic E-state index is 11.3. The predicted molar refractivity (Wildman–Crippen MR) is 124 cm³/mol. The van der Waals surface area contributed by atoms with Crippen molar-refractivity contribution in [3.8, 4) is 0 Å². The van der Waals surface area contributed by atoms with Gasteiger partial charge >= 0.3 is 5.97 Å². The second kappa shape index (κ2) is 17.9. The third-order valence-electron chi connectivity index (χ3n) is 4.31. The van der Waals surface area contributed by atoms with Crippen molar-refractivity contribution in [2.45, 2.75) is 103 Å². The number of ether oxygens (including phenoxy) is 1. The number of hydrogen-bond donors (Lipinski definition) is 0. The van der Waals surface area contributed by atoms with Gasteiger partial charge in [0.1, 0.15) is 0 Å². The van der Waals surface area contributed by atoms with Crippen LogP contribution in [0.3, 0.4) is 0 Å². The van der Waals surface area contributed by atoms with E-state index in [0.717, 1.165) is 19.3 Å². The summed E-state index contributed by atoms with van der Waals surface area (Å²) in [5.41, 5.74) is 0. The monoisotopic (exact) mass is 408 g/mol. The molecule has 0 N–H and O–H groups in total. The van der Waals surface area contributed by atoms with Gasteiger partial charge in [0.15, 0.2) is 8.32 Å². The number of unbranched alkanes of at least 4 members (excludes halogenated alkanes) is 6. The molecule has 0 bridgehead atoms. The zero-order chi connectivity index (χ0) is 21.1. The lowest BCUT2D eigenvalue weighted by atomic mass is 10.1. The first kappa shape index (κ1) is 26.9. The van der Waals surface area contributed by atoms with Crippen LogP contribution < -0.4 is 0 Å². The molecule has 0 fully saturated rings. The average Bonchev–Trinajstić information content (AvgIpc) is 2.63. The molecule has 0 spiro atoms. The number of rotatable bonds is 17. The zero-order valence-electron chi connectivity index (χ0n) is 19.0. The Balaban J connectivity index is 4.03. The molecule has 0 aliphatic rings. The summed E-state index contributed by atoms with van der Waals surface area (Å²) in [6.45, 7) is 8.84. The van der Waals surface area contributed by atoms with Crippen LogP contribution in [0.25, 0.3) is 0 Å². The molecule has 4 heteroatoms. The summed E-state index contributed by atoms with van der Waals surface area (Å²) in [6.07, 6.45) is 25.5. The Labute approximate surface area is 175 Å². The molecule has 0 saturated heterocycles. The first-order valence-electron chi connectivity index (χ1n) is 11.1. The van der Waals surface area contributed by atoms with E-state index in [4.69, 9.17) is 9.16 Å². The summed E-state index contributed by atoms with van der Waals surface area (Å²) in [6, 6.07) is 0. The quantitative estimate of drug-likeness (QED) is 0.0829. The van der Waals surface area contributed by atoms with Gasteiger partial charge in [-0.05, 0) is 71.0 Å². The highest BCUT2D eigenvalue weighted by Gasteiger charge is 2.19. The maximum absolute atomic E-state index is 11.3. The lowest BCUT2D eigenvalue weighted by Crippen LogP contribution is -2.31. The molecular formula is C24H44O3Si. The summed E-state index contributed by atoms with van der Waals surface area (Å²) in [5, 5.41) is 0. The smallest absolute Gasteiger partial charge is 0.305 e. The van der Waals surface area contributed by atoms with E-state index in [9.17, 15) is 4.79 Å². The Morgan fingerprint density at radius 2 is 1.50 bits per heavy atom. The molecule has 0 saturated carbocycles. The molecule has 0 amide bonds. The predicted octanol–water partition coefficient (Wildman–Crippen LogP) is 7.36. The number of hydrogen-bond acceptors (Lipinski definition) is 3. The third-order valence-corrected chi connectivity index (χ3v) is 5.32. The first-order chi connectivity index (χ1) is 13.4. The maximum Gasteiger partial charge on any atom is 0.305 e. The Morgan fingerprint density at radius 1 is 0.893 bits per heavy atom. The summed E-state index contributed by atoms with van der Waals surface area (Å²) >= 11 is 0. The van der Waals surface area contributed by atoms with Crippen LogP contribution in [0.15, 0.2) is 36.5 Å². The first-order valence-corrected chi connectivity index (χ1v) is 14.5. The molecule has 0 radical (unpaired) electrons. The lowest BCUT2D eigenvalue weighted by molar-refractivity contribution is -0.140. The molecule has 0 aromatic heterocycles. The van der Waals surface area contributed by atoms with E-state index >= 15 is 0 Å². The Morgan fingerprint density at radius 3 is 2.07 bits per heavy atom. The topological polar surface area (TPSA) is 35.5 Å². The standard InChI is InChI=1S/C24H44O3Si/c1-6-7-8-9-10-11-12-13-14-15-16-17-18-20-23(27-28(3,4)5)21-19-22-24(25)26-2/h10-11,16-18,20,23H,6-9,12-15,19,21-22H2,1-5H3/b11-10-,17-16-,20-18+. The third kappa shape index (κ3) is 19.6. The average molecular weight is 409 g/mol. The van der Waals surface area contributed by atoms with E-state index < -0.39 is 8.32 Å². The largest absolute Gasteiger partial charge is 0.469 e. The molecule has 3 nitrogen and oxygen atoms in total. The molecule has 0 heterocycles. The van der Waals surface area contributed by atoms with Crippen molar-refractivity contribution in [2.24, 2.45) is 0 Å². The van der Waals surface area contributed by atoms with E-state index in [1.807, 2.05) is 0 Å². The second-order valence-corrected chi connectivity index (χ2v) is 12.8. The molecule has 0 aliphatic heterocycles. The second-order valence-electron chi connectivity index (χ2n) is 8.30. The van der Waals surface area contributed by atoms with E-state index in [-0.39, 0.29) is 12.1 Å². The van der Waals surface area contributed by atoms with Gasteiger partial charge in [-0.25, -0.2) is 0 Å². The molecule has 28 heavy (non-hydrogen) atoms. The van der Waals surface area contributed by atoms with Gasteiger partial charge in [-0.3, -0.25) is 4.79 Å². The van der Waals surface area contributed by atoms with Crippen molar-refractivity contribution in [1.82, 2.24) is 0 Å². The lowest BCUT2D eigenvalue weighted by Gasteiger charge is -2.24. The van der Waals surface area contributed by atoms with Crippen molar-refractivity contribution >= 4 is 14.3 Å². The summed E-state index contributed by atoms with van der Waals surface area (Å²) in [7, 11) is -0.171. The minimum absolute atomic E-state index is 0.0822. The number of methoxy groups -OCH3 is 1. The van der Waals surface area contributed by atoms with Crippen LogP contribution in [0, 0.1) is 0 Å². The fraction of sp³-hybridized carbons (Fsp3) is 0.708. The SMILES string of the molecule is CCCCC/C=C\CCCC/C=C\C=C\C(CCCC(=O)OC)O[Si](C)(C)C. The van der Waals surface area contributed by atoms with E-state index in [1.54, 1.807) is 0 Å². The van der Waals surface area contributed by atoms with Gasteiger partial charge in [0.25, 0.3) is 0 Å². The zero-order valence-corrected chi connectivity index (χ0v) is 20.0. The summed E-state index contributed by atoms with van der Waals surface area (Å²) in [5.74, 6) is -0.147. The Bertz CT molecular complexity index is 461. The fourth-order valence-corrected chi connectivity index (χ4v) is 3.94. The number of esters is 1. The Kier molecular flexibility index (Phi) is 17.2. The van der Waals surface area contributed by atoms with Crippen LogP contribution in [0.4, 0.5) is 0 Å². The van der Waals surface area contributed by atoms with Crippen LogP contribution in [-0.2, 0) is 14.0 Å². The van der Waals surface area contributed by atoms with Crippen molar-refractivity contribution < 1.29 is 14.0 Å². The highest BCUT2D eigenvalue weighted by Crippen LogP contribution is 2.14. The fourth-order valence-electron chi connectivity index (χ4n) is 2.83. The van der Waals surface area contributed by atoms with Gasteiger partial charge in [0.05, 0.1) is 13.2 Å².